The summed E-state index contributed by atoms with van der Waals surface area (Å²) < 4.78 is 40.9. The summed E-state index contributed by atoms with van der Waals surface area (Å²) in [6.07, 6.45) is 0. The third-order valence-electron chi connectivity index (χ3n) is 3.61. The zero-order chi connectivity index (χ0) is 20.7. The lowest BCUT2D eigenvalue weighted by Gasteiger charge is -2.19. The van der Waals surface area contributed by atoms with Gasteiger partial charge in [-0.15, -0.1) is 0 Å². The Bertz CT molecular complexity index is 834. The third-order valence-corrected chi connectivity index (χ3v) is 5.01. The minimum Gasteiger partial charge on any atom is -0.591 e. The van der Waals surface area contributed by atoms with Gasteiger partial charge in [0, 0.05) is 11.6 Å². The number of benzene rings is 2. The number of hydrogen-bond acceptors (Lipinski definition) is 5. The second-order valence-electron chi connectivity index (χ2n) is 6.94. The summed E-state index contributed by atoms with van der Waals surface area (Å²) in [6, 6.07) is 13.6. The summed E-state index contributed by atoms with van der Waals surface area (Å²) in [6.45, 7) is 7.16. The Morgan fingerprint density at radius 1 is 1.18 bits per heavy atom. The molecule has 0 fully saturated rings. The fraction of sp³-hybridized carbons (Fsp3) is 0.333. The first-order valence-corrected chi connectivity index (χ1v) is 9.97. The van der Waals surface area contributed by atoms with E-state index >= 15 is 0 Å². The number of hydrogen-bond donors (Lipinski definition) is 0. The zero-order valence-corrected chi connectivity index (χ0v) is 17.2. The number of carbonyl (C=O) groups excluding carboxylic acids is 1. The first-order valence-electron chi connectivity index (χ1n) is 8.87. The molecule has 0 radical (unpaired) electrons. The van der Waals surface area contributed by atoms with Crippen molar-refractivity contribution in [2.75, 3.05) is 6.61 Å². The van der Waals surface area contributed by atoms with Crippen LogP contribution in [0.3, 0.4) is 0 Å². The highest BCUT2D eigenvalue weighted by Crippen LogP contribution is 2.22. The van der Waals surface area contributed by atoms with Crippen LogP contribution in [0.4, 0.5) is 4.39 Å². The molecule has 0 aromatic heterocycles. The molecule has 2 aromatic carbocycles. The van der Waals surface area contributed by atoms with Crippen molar-refractivity contribution in [2.24, 2.45) is 4.40 Å². The third kappa shape index (κ3) is 6.07. The Morgan fingerprint density at radius 2 is 1.86 bits per heavy atom. The largest absolute Gasteiger partial charge is 0.591 e. The van der Waals surface area contributed by atoms with Gasteiger partial charge in [-0.1, -0.05) is 34.7 Å². The normalized spacial score (nSPS) is 13.1. The lowest BCUT2D eigenvalue weighted by atomic mass is 10.1. The minimum absolute atomic E-state index is 0.0805. The van der Waals surface area contributed by atoms with Crippen molar-refractivity contribution in [3.63, 3.8) is 0 Å². The van der Waals surface area contributed by atoms with E-state index in [1.807, 2.05) is 30.3 Å². The van der Waals surface area contributed by atoms with E-state index in [1.54, 1.807) is 27.7 Å². The van der Waals surface area contributed by atoms with Gasteiger partial charge in [-0.2, -0.15) is 0 Å². The SMILES string of the molecule is CCOC(=O)C(=N[S+]([O-])C(C)(C)C)c1ccc(OCc2ccccc2)cc1F. The van der Waals surface area contributed by atoms with Crippen molar-refractivity contribution in [3.8, 4) is 5.75 Å². The lowest BCUT2D eigenvalue weighted by Crippen LogP contribution is -2.29. The van der Waals surface area contributed by atoms with Crippen molar-refractivity contribution >= 4 is 23.0 Å². The molecule has 5 nitrogen and oxygen atoms in total. The van der Waals surface area contributed by atoms with Gasteiger partial charge in [0.15, 0.2) is 0 Å². The lowest BCUT2D eigenvalue weighted by molar-refractivity contribution is -0.134. The average molecular weight is 405 g/mol. The van der Waals surface area contributed by atoms with Crippen LogP contribution in [0.15, 0.2) is 52.9 Å². The number of ether oxygens (including phenoxy) is 2. The summed E-state index contributed by atoms with van der Waals surface area (Å²) in [5.41, 5.74) is 0.562. The number of esters is 1. The molecule has 0 bridgehead atoms. The van der Waals surface area contributed by atoms with Crippen LogP contribution in [0.1, 0.15) is 38.8 Å². The molecule has 0 aliphatic carbocycles. The molecule has 150 valence electrons. The van der Waals surface area contributed by atoms with Gasteiger partial charge in [-0.05, 0) is 45.4 Å². The van der Waals surface area contributed by atoms with Gasteiger partial charge in [0.05, 0.1) is 6.61 Å². The van der Waals surface area contributed by atoms with E-state index in [-0.39, 0.29) is 24.5 Å². The van der Waals surface area contributed by atoms with Crippen LogP contribution in [0.2, 0.25) is 0 Å². The molecule has 2 aromatic rings. The first kappa shape index (κ1) is 21.9. The molecule has 0 aliphatic heterocycles. The Kier molecular flexibility index (Phi) is 7.60. The molecular formula is C21H24FNO4S. The van der Waals surface area contributed by atoms with E-state index in [4.69, 9.17) is 9.47 Å². The summed E-state index contributed by atoms with van der Waals surface area (Å²) >= 11 is -1.74. The molecule has 0 amide bonds. The molecule has 0 N–H and O–H groups in total. The maximum absolute atomic E-state index is 14.7. The van der Waals surface area contributed by atoms with Gasteiger partial charge in [0.1, 0.15) is 34.3 Å². The molecule has 7 heteroatoms. The van der Waals surface area contributed by atoms with Crippen LogP contribution < -0.4 is 4.74 Å². The van der Waals surface area contributed by atoms with Crippen LogP contribution in [0.25, 0.3) is 0 Å². The highest BCUT2D eigenvalue weighted by Gasteiger charge is 2.31. The summed E-state index contributed by atoms with van der Waals surface area (Å²) in [5, 5.41) is 0. The number of rotatable bonds is 7. The van der Waals surface area contributed by atoms with Crippen molar-refractivity contribution < 1.29 is 23.2 Å². The molecule has 2 rings (SSSR count). The molecule has 1 atom stereocenters. The summed E-state index contributed by atoms with van der Waals surface area (Å²) in [4.78, 5) is 12.3. The Morgan fingerprint density at radius 3 is 2.43 bits per heavy atom. The Balaban J connectivity index is 2.28. The van der Waals surface area contributed by atoms with Gasteiger partial charge in [-0.3, -0.25) is 0 Å². The Hall–Kier alpha value is -2.38. The summed E-state index contributed by atoms with van der Waals surface area (Å²) in [5.74, 6) is -1.22. The molecular weight excluding hydrogens is 381 g/mol. The van der Waals surface area contributed by atoms with Gasteiger partial charge < -0.3 is 14.0 Å². The van der Waals surface area contributed by atoms with E-state index in [1.165, 1.54) is 18.2 Å². The van der Waals surface area contributed by atoms with E-state index < -0.39 is 27.9 Å². The molecule has 0 saturated carbocycles. The maximum atomic E-state index is 14.7. The Labute approximate surface area is 167 Å². The van der Waals surface area contributed by atoms with Gasteiger partial charge >= 0.3 is 5.97 Å². The van der Waals surface area contributed by atoms with E-state index in [0.29, 0.717) is 5.75 Å². The zero-order valence-electron chi connectivity index (χ0n) is 16.4. The topological polar surface area (TPSA) is 71.0 Å². The molecule has 0 spiro atoms. The second-order valence-corrected chi connectivity index (χ2v) is 8.84. The maximum Gasteiger partial charge on any atom is 0.362 e. The van der Waals surface area contributed by atoms with Gasteiger partial charge in [0.25, 0.3) is 0 Å². The van der Waals surface area contributed by atoms with Crippen molar-refractivity contribution in [3.05, 3.63) is 65.5 Å². The fourth-order valence-corrected chi connectivity index (χ4v) is 2.75. The van der Waals surface area contributed by atoms with Gasteiger partial charge in [0.2, 0.25) is 5.71 Å². The van der Waals surface area contributed by atoms with Crippen LogP contribution >= 0.6 is 0 Å². The van der Waals surface area contributed by atoms with Crippen LogP contribution in [-0.4, -0.2) is 27.6 Å². The van der Waals surface area contributed by atoms with Crippen LogP contribution in [0.5, 0.6) is 5.75 Å². The predicted octanol–water partition coefficient (Wildman–Crippen LogP) is 4.22. The van der Waals surface area contributed by atoms with E-state index in [0.717, 1.165) is 5.56 Å². The molecule has 0 saturated heterocycles. The molecule has 28 heavy (non-hydrogen) atoms. The van der Waals surface area contributed by atoms with Crippen molar-refractivity contribution in [1.82, 2.24) is 0 Å². The average Bonchev–Trinajstić information content (AvgIpc) is 2.65. The highest BCUT2D eigenvalue weighted by molar-refractivity contribution is 7.91. The van der Waals surface area contributed by atoms with E-state index in [2.05, 4.69) is 4.40 Å². The fourth-order valence-electron chi connectivity index (χ4n) is 2.13. The molecule has 1 unspecified atom stereocenters. The predicted molar refractivity (Wildman–Crippen MR) is 108 cm³/mol. The highest BCUT2D eigenvalue weighted by atomic mass is 32.2. The second kappa shape index (κ2) is 9.71. The number of carbonyl (C=O) groups is 1. The monoisotopic (exact) mass is 405 g/mol. The van der Waals surface area contributed by atoms with Crippen molar-refractivity contribution in [1.29, 1.82) is 0 Å². The van der Waals surface area contributed by atoms with E-state index in [9.17, 15) is 13.7 Å². The molecule has 0 aliphatic rings. The first-order chi connectivity index (χ1) is 13.2. The van der Waals surface area contributed by atoms with Gasteiger partial charge in [-0.25, -0.2) is 9.18 Å². The smallest absolute Gasteiger partial charge is 0.362 e. The van der Waals surface area contributed by atoms with Crippen LogP contribution in [-0.2, 0) is 27.5 Å². The standard InChI is InChI=1S/C21H24FNO4S/c1-5-26-20(24)19(23-28(25)21(2,3)4)17-12-11-16(13-18(17)22)27-14-15-9-7-6-8-10-15/h6-13H,5,14H2,1-4H3. The quantitative estimate of drug-likeness (QED) is 0.393. The number of nitrogens with zero attached hydrogens (tertiary/aromatic N) is 1. The minimum atomic E-state index is -1.74. The van der Waals surface area contributed by atoms with Crippen molar-refractivity contribution in [2.45, 2.75) is 39.0 Å². The number of halogens is 1. The van der Waals surface area contributed by atoms with Crippen LogP contribution in [0, 0.1) is 5.82 Å². The molecule has 0 heterocycles. The summed E-state index contributed by atoms with van der Waals surface area (Å²) in [7, 11) is 0.